The summed E-state index contributed by atoms with van der Waals surface area (Å²) in [6.45, 7) is 4.45. The molecule has 5 nitrogen and oxygen atoms in total. The normalized spacial score (nSPS) is 14.4. The molecular weight excluding hydrogens is 412 g/mol. The summed E-state index contributed by atoms with van der Waals surface area (Å²) in [5, 5.41) is 3.46. The Bertz CT molecular complexity index is 1370. The minimum absolute atomic E-state index is 0.0799. The van der Waals surface area contributed by atoms with E-state index in [0.29, 0.717) is 36.8 Å². The van der Waals surface area contributed by atoms with Crippen LogP contribution in [-0.4, -0.2) is 37.0 Å². The summed E-state index contributed by atoms with van der Waals surface area (Å²) in [5.41, 5.74) is 2.20. The van der Waals surface area contributed by atoms with Crippen molar-refractivity contribution in [3.63, 3.8) is 0 Å². The number of hydrogen-bond donors (Lipinski definition) is 0. The van der Waals surface area contributed by atoms with E-state index in [2.05, 4.69) is 4.90 Å². The van der Waals surface area contributed by atoms with Crippen LogP contribution in [0, 0.1) is 6.92 Å². The molecule has 0 atom stereocenters. The van der Waals surface area contributed by atoms with E-state index in [4.69, 9.17) is 16.0 Å². The molecule has 0 unspecified atom stereocenters. The molecule has 1 saturated heterocycles. The van der Waals surface area contributed by atoms with E-state index in [9.17, 15) is 9.59 Å². The largest absolute Gasteiger partial charge is 0.422 e. The highest BCUT2D eigenvalue weighted by molar-refractivity contribution is 6.30. The van der Waals surface area contributed by atoms with Crippen molar-refractivity contribution in [2.45, 2.75) is 6.92 Å². The third-order valence-corrected chi connectivity index (χ3v) is 6.19. The predicted octanol–water partition coefficient (Wildman–Crippen LogP) is 4.87. The second-order valence-electron chi connectivity index (χ2n) is 7.86. The predicted molar refractivity (Wildman–Crippen MR) is 124 cm³/mol. The van der Waals surface area contributed by atoms with Crippen molar-refractivity contribution in [1.82, 2.24) is 4.90 Å². The second-order valence-corrected chi connectivity index (χ2v) is 8.29. The average molecular weight is 433 g/mol. The number of nitrogens with zero attached hydrogens (tertiary/aromatic N) is 2. The minimum Gasteiger partial charge on any atom is -0.422 e. The number of aryl methyl sites for hydroxylation is 1. The molecule has 5 rings (SSSR count). The molecule has 0 radical (unpaired) electrons. The van der Waals surface area contributed by atoms with Crippen molar-refractivity contribution in [1.29, 1.82) is 0 Å². The maximum atomic E-state index is 13.2. The van der Waals surface area contributed by atoms with Crippen LogP contribution in [0.15, 0.2) is 69.9 Å². The van der Waals surface area contributed by atoms with Crippen LogP contribution in [0.3, 0.4) is 0 Å². The van der Waals surface area contributed by atoms with Crippen LogP contribution in [0.5, 0.6) is 0 Å². The summed E-state index contributed by atoms with van der Waals surface area (Å²) in [4.78, 5) is 29.7. The quantitative estimate of drug-likeness (QED) is 0.335. The van der Waals surface area contributed by atoms with Gasteiger partial charge >= 0.3 is 5.63 Å². The standard InChI is InChI=1S/C25H21ClN2O3/c1-16-6-8-18(26)14-22(16)27-10-12-28(13-11-27)24(29)21-15-20-19-5-3-2-4-17(19)7-9-23(20)31-25(21)30/h2-9,14-15H,10-13H2,1H3. The average Bonchev–Trinajstić information content (AvgIpc) is 2.80. The molecule has 1 aliphatic rings. The molecule has 2 heterocycles. The number of anilines is 1. The lowest BCUT2D eigenvalue weighted by molar-refractivity contribution is 0.0742. The van der Waals surface area contributed by atoms with Gasteiger partial charge in [0.25, 0.3) is 5.91 Å². The monoisotopic (exact) mass is 432 g/mol. The number of hydrogen-bond acceptors (Lipinski definition) is 4. The lowest BCUT2D eigenvalue weighted by atomic mass is 10.0. The molecule has 0 N–H and O–H groups in total. The molecule has 0 bridgehead atoms. The first-order valence-electron chi connectivity index (χ1n) is 10.3. The van der Waals surface area contributed by atoms with Crippen molar-refractivity contribution in [3.8, 4) is 0 Å². The Hall–Kier alpha value is -3.31. The van der Waals surface area contributed by atoms with Crippen molar-refractivity contribution in [2.24, 2.45) is 0 Å². The number of carbonyl (C=O) groups is 1. The van der Waals surface area contributed by atoms with Crippen molar-refractivity contribution in [3.05, 3.63) is 87.2 Å². The maximum Gasteiger partial charge on any atom is 0.349 e. The van der Waals surface area contributed by atoms with Crippen molar-refractivity contribution in [2.75, 3.05) is 31.1 Å². The van der Waals surface area contributed by atoms with E-state index in [0.717, 1.165) is 27.4 Å². The van der Waals surface area contributed by atoms with Gasteiger partial charge in [0.2, 0.25) is 0 Å². The van der Waals surface area contributed by atoms with Gasteiger partial charge in [-0.1, -0.05) is 48.0 Å². The Kier molecular flexibility index (Phi) is 4.91. The van der Waals surface area contributed by atoms with Gasteiger partial charge < -0.3 is 14.2 Å². The Morgan fingerprint density at radius 2 is 1.71 bits per heavy atom. The van der Waals surface area contributed by atoms with E-state index >= 15 is 0 Å². The molecule has 1 amide bonds. The lowest BCUT2D eigenvalue weighted by Crippen LogP contribution is -2.49. The van der Waals surface area contributed by atoms with Crippen molar-refractivity contribution < 1.29 is 9.21 Å². The molecule has 1 aliphatic heterocycles. The van der Waals surface area contributed by atoms with Gasteiger partial charge in [-0.3, -0.25) is 4.79 Å². The molecule has 4 aromatic rings. The molecule has 1 fully saturated rings. The van der Waals surface area contributed by atoms with Crippen LogP contribution in [0.25, 0.3) is 21.7 Å². The highest BCUT2D eigenvalue weighted by Gasteiger charge is 2.26. The summed E-state index contributed by atoms with van der Waals surface area (Å²) in [7, 11) is 0. The van der Waals surface area contributed by atoms with Gasteiger partial charge in [-0.05, 0) is 47.5 Å². The van der Waals surface area contributed by atoms with Gasteiger partial charge in [0.05, 0.1) is 0 Å². The smallest absolute Gasteiger partial charge is 0.349 e. The van der Waals surface area contributed by atoms with Crippen LogP contribution in [0.2, 0.25) is 5.02 Å². The number of fused-ring (bicyclic) bond motifs is 3. The van der Waals surface area contributed by atoms with Crippen LogP contribution >= 0.6 is 11.6 Å². The second kappa shape index (κ2) is 7.75. The molecule has 3 aromatic carbocycles. The zero-order chi connectivity index (χ0) is 21.5. The number of rotatable bonds is 2. The van der Waals surface area contributed by atoms with E-state index in [1.807, 2.05) is 55.5 Å². The number of piperazine rings is 1. The fourth-order valence-electron chi connectivity index (χ4n) is 4.26. The molecule has 0 saturated carbocycles. The van der Waals surface area contributed by atoms with E-state index in [-0.39, 0.29) is 11.5 Å². The Morgan fingerprint density at radius 3 is 2.52 bits per heavy atom. The van der Waals surface area contributed by atoms with Gasteiger partial charge in [0.1, 0.15) is 11.1 Å². The van der Waals surface area contributed by atoms with Crippen LogP contribution in [0.1, 0.15) is 15.9 Å². The topological polar surface area (TPSA) is 53.8 Å². The van der Waals surface area contributed by atoms with E-state index in [1.54, 1.807) is 17.0 Å². The molecule has 0 spiro atoms. The highest BCUT2D eigenvalue weighted by Crippen LogP contribution is 2.27. The first kappa shape index (κ1) is 19.6. The highest BCUT2D eigenvalue weighted by atomic mass is 35.5. The zero-order valence-corrected chi connectivity index (χ0v) is 17.9. The van der Waals surface area contributed by atoms with Crippen LogP contribution in [0.4, 0.5) is 5.69 Å². The molecule has 1 aromatic heterocycles. The zero-order valence-electron chi connectivity index (χ0n) is 17.1. The van der Waals surface area contributed by atoms with Crippen LogP contribution in [-0.2, 0) is 0 Å². The number of amides is 1. The molecule has 31 heavy (non-hydrogen) atoms. The van der Waals surface area contributed by atoms with Crippen LogP contribution < -0.4 is 10.5 Å². The fraction of sp³-hybridized carbons (Fsp3) is 0.200. The van der Waals surface area contributed by atoms with Gasteiger partial charge in [0.15, 0.2) is 0 Å². The fourth-order valence-corrected chi connectivity index (χ4v) is 4.43. The van der Waals surface area contributed by atoms with Gasteiger partial charge in [-0.25, -0.2) is 4.79 Å². The first-order valence-corrected chi connectivity index (χ1v) is 10.6. The summed E-state index contributed by atoms with van der Waals surface area (Å²) >= 11 is 6.17. The molecule has 156 valence electrons. The SMILES string of the molecule is Cc1ccc(Cl)cc1N1CCN(C(=O)c2cc3c(ccc4ccccc43)oc2=O)CC1. The molecule has 0 aliphatic carbocycles. The van der Waals surface area contributed by atoms with E-state index in [1.165, 1.54) is 0 Å². The third-order valence-electron chi connectivity index (χ3n) is 5.95. The number of halogens is 1. The first-order chi connectivity index (χ1) is 15.0. The molecule has 6 heteroatoms. The van der Waals surface area contributed by atoms with Gasteiger partial charge in [-0.2, -0.15) is 0 Å². The number of benzene rings is 3. The minimum atomic E-state index is -0.596. The lowest BCUT2D eigenvalue weighted by Gasteiger charge is -2.36. The summed E-state index contributed by atoms with van der Waals surface area (Å²) in [6, 6.07) is 19.1. The maximum absolute atomic E-state index is 13.2. The number of carbonyl (C=O) groups excluding carboxylic acids is 1. The summed E-state index contributed by atoms with van der Waals surface area (Å²) < 4.78 is 5.50. The Labute approximate surface area is 184 Å². The Balaban J connectivity index is 1.43. The third kappa shape index (κ3) is 3.55. The summed E-state index contributed by atoms with van der Waals surface area (Å²) in [6.07, 6.45) is 0. The summed E-state index contributed by atoms with van der Waals surface area (Å²) in [5.74, 6) is -0.286. The van der Waals surface area contributed by atoms with E-state index < -0.39 is 5.63 Å². The molecular formula is C25H21ClN2O3. The van der Waals surface area contributed by atoms with Gasteiger partial charge in [0, 0.05) is 42.3 Å². The van der Waals surface area contributed by atoms with Gasteiger partial charge in [-0.15, -0.1) is 0 Å². The Morgan fingerprint density at radius 1 is 0.935 bits per heavy atom. The van der Waals surface area contributed by atoms with Crippen molar-refractivity contribution >= 4 is 44.9 Å².